The van der Waals surface area contributed by atoms with Gasteiger partial charge in [0, 0.05) is 0 Å². The van der Waals surface area contributed by atoms with Crippen LogP contribution in [0.5, 0.6) is 0 Å². The fraction of sp³-hybridized carbons (Fsp3) is 0.636. The van der Waals surface area contributed by atoms with Gasteiger partial charge in [0.25, 0.3) is 0 Å². The summed E-state index contributed by atoms with van der Waals surface area (Å²) in [5.74, 6) is 2.61. The predicted octanol–water partition coefficient (Wildman–Crippen LogP) is 4.10. The second-order valence-corrected chi connectivity index (χ2v) is 6.35. The Morgan fingerprint density at radius 3 is 2.08 bits per heavy atom. The zero-order valence-corrected chi connectivity index (χ0v) is 10.4. The maximum Gasteiger partial charge on any atom is 0.0752 e. The molecule has 2 heteroatoms. The Morgan fingerprint density at radius 2 is 1.69 bits per heavy atom. The van der Waals surface area contributed by atoms with E-state index in [0.717, 1.165) is 0 Å². The summed E-state index contributed by atoms with van der Waals surface area (Å²) in [4.78, 5) is 0. The second-order valence-electron chi connectivity index (χ2n) is 3.62. The average Bonchev–Trinajstić information content (AvgIpc) is 2.04. The van der Waals surface area contributed by atoms with Crippen molar-refractivity contribution in [2.75, 3.05) is 11.5 Å². The van der Waals surface area contributed by atoms with Crippen molar-refractivity contribution < 1.29 is 0 Å². The second kappa shape index (κ2) is 5.16. The maximum absolute atomic E-state index is 4.07. The monoisotopic (exact) mass is 214 g/mol. The smallest absolute Gasteiger partial charge is 0.0752 e. The average molecular weight is 214 g/mol. The van der Waals surface area contributed by atoms with Gasteiger partial charge in [-0.2, -0.15) is 0 Å². The van der Waals surface area contributed by atoms with E-state index >= 15 is 0 Å². The lowest BCUT2D eigenvalue weighted by atomic mass is 10.1. The largest absolute Gasteiger partial charge is 0.143 e. The van der Waals surface area contributed by atoms with Crippen molar-refractivity contribution in [2.45, 2.75) is 31.8 Å². The first-order chi connectivity index (χ1) is 6.13. The van der Waals surface area contributed by atoms with Gasteiger partial charge in [-0.05, 0) is 44.3 Å². The normalized spacial score (nSPS) is 18.4. The van der Waals surface area contributed by atoms with Gasteiger partial charge in [-0.15, -0.1) is 23.5 Å². The highest BCUT2D eigenvalue weighted by Crippen LogP contribution is 2.39. The lowest BCUT2D eigenvalue weighted by Gasteiger charge is -2.25. The molecule has 0 nitrogen and oxygen atoms in total. The summed E-state index contributed by atoms with van der Waals surface area (Å²) in [6.07, 6.45) is 1.36. The zero-order valence-electron chi connectivity index (χ0n) is 8.72. The number of thioether (sulfide) groups is 2. The number of rotatable bonds is 2. The van der Waals surface area contributed by atoms with Crippen LogP contribution in [0.25, 0.3) is 0 Å². The Bertz CT molecular complexity index is 218. The van der Waals surface area contributed by atoms with Crippen LogP contribution in [0.3, 0.4) is 0 Å². The molecule has 0 bridgehead atoms. The minimum absolute atomic E-state index is 0.649. The van der Waals surface area contributed by atoms with Crippen LogP contribution in [0.4, 0.5) is 0 Å². The third kappa shape index (κ3) is 3.10. The van der Waals surface area contributed by atoms with Gasteiger partial charge in [0.2, 0.25) is 0 Å². The van der Waals surface area contributed by atoms with Crippen LogP contribution < -0.4 is 0 Å². The molecule has 0 aromatic carbocycles. The quantitative estimate of drug-likeness (QED) is 0.635. The van der Waals surface area contributed by atoms with Gasteiger partial charge in [-0.3, -0.25) is 0 Å². The van der Waals surface area contributed by atoms with Crippen LogP contribution in [0.2, 0.25) is 0 Å². The van der Waals surface area contributed by atoms with E-state index in [1.807, 2.05) is 0 Å². The van der Waals surface area contributed by atoms with Crippen molar-refractivity contribution in [1.29, 1.82) is 0 Å². The lowest BCUT2D eigenvalue weighted by Crippen LogP contribution is -2.11. The summed E-state index contributed by atoms with van der Waals surface area (Å²) in [6, 6.07) is 0. The molecule has 1 saturated heterocycles. The topological polar surface area (TPSA) is 0 Å². The van der Waals surface area contributed by atoms with Crippen molar-refractivity contribution in [2.24, 2.45) is 0 Å². The number of allylic oxidation sites excluding steroid dienone is 2. The van der Waals surface area contributed by atoms with E-state index in [0.29, 0.717) is 4.58 Å². The molecule has 1 heterocycles. The van der Waals surface area contributed by atoms with Crippen LogP contribution >= 0.6 is 23.5 Å². The van der Waals surface area contributed by atoms with E-state index < -0.39 is 0 Å². The highest BCUT2D eigenvalue weighted by molar-refractivity contribution is 8.17. The number of hydrogen-bond donors (Lipinski definition) is 0. The minimum atomic E-state index is 0.649. The molecule has 74 valence electrons. The van der Waals surface area contributed by atoms with E-state index in [-0.39, 0.29) is 0 Å². The highest BCUT2D eigenvalue weighted by atomic mass is 32.2. The van der Waals surface area contributed by atoms with Gasteiger partial charge in [0.15, 0.2) is 0 Å². The summed E-state index contributed by atoms with van der Waals surface area (Å²) in [5, 5.41) is 0. The van der Waals surface area contributed by atoms with Gasteiger partial charge < -0.3 is 0 Å². The summed E-state index contributed by atoms with van der Waals surface area (Å²) >= 11 is 4.14. The summed E-state index contributed by atoms with van der Waals surface area (Å²) < 4.78 is 0.649. The van der Waals surface area contributed by atoms with Crippen LogP contribution in [0.15, 0.2) is 23.3 Å². The van der Waals surface area contributed by atoms with Crippen molar-refractivity contribution in [3.63, 3.8) is 0 Å². The van der Waals surface area contributed by atoms with Gasteiger partial charge in [0.05, 0.1) is 4.58 Å². The van der Waals surface area contributed by atoms with Crippen LogP contribution in [0.1, 0.15) is 27.2 Å². The molecular weight excluding hydrogens is 196 g/mol. The summed E-state index contributed by atoms with van der Waals surface area (Å²) in [5.41, 5.74) is 4.15. The number of hydrogen-bond acceptors (Lipinski definition) is 2. The summed E-state index contributed by atoms with van der Waals surface area (Å²) in [6.45, 7) is 10.6. The molecule has 1 aliphatic rings. The molecule has 1 rings (SSSR count). The fourth-order valence-electron chi connectivity index (χ4n) is 1.52. The van der Waals surface area contributed by atoms with Gasteiger partial charge >= 0.3 is 0 Å². The Balaban J connectivity index is 2.75. The third-order valence-electron chi connectivity index (χ3n) is 2.06. The van der Waals surface area contributed by atoms with E-state index in [1.54, 1.807) is 0 Å². The molecule has 13 heavy (non-hydrogen) atoms. The molecule has 1 aliphatic heterocycles. The third-order valence-corrected chi connectivity index (χ3v) is 5.00. The van der Waals surface area contributed by atoms with Crippen molar-refractivity contribution >= 4 is 23.5 Å². The fourth-order valence-corrected chi connectivity index (χ4v) is 4.92. The molecule has 0 atom stereocenters. The van der Waals surface area contributed by atoms with Gasteiger partial charge in [-0.1, -0.05) is 17.7 Å². The Kier molecular flexibility index (Phi) is 4.47. The molecule has 0 saturated carbocycles. The van der Waals surface area contributed by atoms with Crippen LogP contribution in [0, 0.1) is 0 Å². The molecule has 0 unspecified atom stereocenters. The molecule has 0 amide bonds. The standard InChI is InChI=1S/C11H18S2/c1-8(2)10(9(3)4)11-12-6-5-7-13-11/h11H,1,5-7H2,2-4H3. The predicted molar refractivity (Wildman–Crippen MR) is 66.5 cm³/mol. The first-order valence-electron chi connectivity index (χ1n) is 4.69. The molecular formula is C11H18S2. The van der Waals surface area contributed by atoms with E-state index in [4.69, 9.17) is 0 Å². The molecule has 0 aromatic rings. The van der Waals surface area contributed by atoms with E-state index in [2.05, 4.69) is 50.9 Å². The maximum atomic E-state index is 4.07. The summed E-state index contributed by atoms with van der Waals surface area (Å²) in [7, 11) is 0. The molecule has 0 radical (unpaired) electrons. The first kappa shape index (κ1) is 11.3. The van der Waals surface area contributed by atoms with Gasteiger partial charge in [0.1, 0.15) is 0 Å². The Labute approximate surface area is 90.2 Å². The molecule has 1 fully saturated rings. The van der Waals surface area contributed by atoms with Crippen molar-refractivity contribution in [3.05, 3.63) is 23.3 Å². The Morgan fingerprint density at radius 1 is 1.15 bits per heavy atom. The van der Waals surface area contributed by atoms with Crippen molar-refractivity contribution in [3.8, 4) is 0 Å². The molecule has 0 spiro atoms. The molecule has 0 aliphatic carbocycles. The lowest BCUT2D eigenvalue weighted by molar-refractivity contribution is 1.09. The van der Waals surface area contributed by atoms with Gasteiger partial charge in [-0.25, -0.2) is 0 Å². The molecule has 0 aromatic heterocycles. The Hall–Kier alpha value is 0.180. The highest BCUT2D eigenvalue weighted by Gasteiger charge is 2.19. The zero-order chi connectivity index (χ0) is 9.84. The SMILES string of the molecule is C=C(C)C(=C(C)C)C1SCCCS1. The van der Waals surface area contributed by atoms with E-state index in [9.17, 15) is 0 Å². The van der Waals surface area contributed by atoms with Crippen molar-refractivity contribution in [1.82, 2.24) is 0 Å². The molecule has 0 N–H and O–H groups in total. The van der Waals surface area contributed by atoms with E-state index in [1.165, 1.54) is 34.6 Å². The van der Waals surface area contributed by atoms with Crippen LogP contribution in [-0.4, -0.2) is 16.1 Å². The first-order valence-corrected chi connectivity index (χ1v) is 6.79. The minimum Gasteiger partial charge on any atom is -0.143 e. The van der Waals surface area contributed by atoms with Crippen LogP contribution in [-0.2, 0) is 0 Å².